The maximum absolute atomic E-state index is 15.7. The van der Waals surface area contributed by atoms with Crippen molar-refractivity contribution in [3.8, 4) is 21.8 Å². The van der Waals surface area contributed by atoms with Crippen LogP contribution in [0.1, 0.15) is 23.8 Å². The van der Waals surface area contributed by atoms with Crippen LogP contribution in [0.3, 0.4) is 0 Å². The maximum atomic E-state index is 15.7. The number of anilines is 2. The molecule has 2 aromatic heterocycles. The molecule has 35 heavy (non-hydrogen) atoms. The molecule has 0 spiro atoms. The molecule has 1 aliphatic heterocycles. The highest BCUT2D eigenvalue weighted by molar-refractivity contribution is 8.00. The van der Waals surface area contributed by atoms with Gasteiger partial charge in [0, 0.05) is 30.9 Å². The average Bonchev–Trinajstić information content (AvgIpc) is 3.30. The number of ether oxygens (including phenoxy) is 1. The molecule has 5 rings (SSSR count). The summed E-state index contributed by atoms with van der Waals surface area (Å²) in [4.78, 5) is 13.5. The van der Waals surface area contributed by atoms with Gasteiger partial charge in [-0.2, -0.15) is 0 Å². The fourth-order valence-corrected chi connectivity index (χ4v) is 5.71. The highest BCUT2D eigenvalue weighted by Crippen LogP contribution is 2.42. The summed E-state index contributed by atoms with van der Waals surface area (Å²) in [5.41, 5.74) is 7.09. The van der Waals surface area contributed by atoms with Crippen molar-refractivity contribution >= 4 is 34.9 Å². The van der Waals surface area contributed by atoms with Crippen LogP contribution in [0.2, 0.25) is 0 Å². The van der Waals surface area contributed by atoms with Gasteiger partial charge in [0.1, 0.15) is 11.6 Å². The summed E-state index contributed by atoms with van der Waals surface area (Å²) >= 11 is 2.11. The minimum absolute atomic E-state index is 0.0731. The van der Waals surface area contributed by atoms with E-state index in [9.17, 15) is 8.78 Å². The molecule has 0 atom stereocenters. The number of halogens is 3. The van der Waals surface area contributed by atoms with E-state index >= 15 is 4.39 Å². The SMILES string of the molecule is Nc1nccc(-c2sc(C3CCOCC3)nc2-c2cccc(NSc3c(F)cccc3F)c2F)n1. The van der Waals surface area contributed by atoms with Crippen molar-refractivity contribution in [3.63, 3.8) is 0 Å². The number of nitrogens with two attached hydrogens (primary N) is 1. The van der Waals surface area contributed by atoms with Crippen LogP contribution in [0.25, 0.3) is 21.8 Å². The minimum Gasteiger partial charge on any atom is -0.381 e. The lowest BCUT2D eigenvalue weighted by Crippen LogP contribution is -2.13. The van der Waals surface area contributed by atoms with Crippen LogP contribution in [0, 0.1) is 17.5 Å². The zero-order chi connectivity index (χ0) is 24.4. The third kappa shape index (κ3) is 4.97. The summed E-state index contributed by atoms with van der Waals surface area (Å²) in [5, 5.41) is 0.871. The Morgan fingerprint density at radius 1 is 1.00 bits per heavy atom. The Morgan fingerprint density at radius 2 is 1.74 bits per heavy atom. The first kappa shape index (κ1) is 23.6. The van der Waals surface area contributed by atoms with Crippen molar-refractivity contribution in [2.75, 3.05) is 23.7 Å². The number of thiazole rings is 1. The van der Waals surface area contributed by atoms with Crippen LogP contribution in [0.15, 0.2) is 53.6 Å². The van der Waals surface area contributed by atoms with Crippen molar-refractivity contribution in [1.29, 1.82) is 0 Å². The molecule has 0 aliphatic carbocycles. The Labute approximate surface area is 207 Å². The summed E-state index contributed by atoms with van der Waals surface area (Å²) in [6.45, 7) is 1.29. The second-order valence-corrected chi connectivity index (χ2v) is 9.69. The molecule has 1 fully saturated rings. The molecule has 180 valence electrons. The third-order valence-corrected chi connectivity index (χ3v) is 7.71. The van der Waals surface area contributed by atoms with E-state index in [4.69, 9.17) is 15.5 Å². The lowest BCUT2D eigenvalue weighted by molar-refractivity contribution is 0.0853. The number of nitrogens with one attached hydrogen (secondary N) is 1. The number of hydrogen-bond acceptors (Lipinski definition) is 8. The van der Waals surface area contributed by atoms with Crippen LogP contribution in [-0.4, -0.2) is 28.2 Å². The standard InChI is InChI=1S/C24H20F3N5OS2/c25-15-4-2-5-16(26)21(15)35-32-17-6-1-3-14(19(17)27)20-22(18-7-10-29-24(28)30-18)34-23(31-20)13-8-11-33-12-9-13/h1-7,10,13,32H,8-9,11-12H2,(H2,28,29,30). The highest BCUT2D eigenvalue weighted by atomic mass is 32.2. The zero-order valence-electron chi connectivity index (χ0n) is 18.3. The molecule has 11 heteroatoms. The van der Waals surface area contributed by atoms with Gasteiger partial charge in [-0.1, -0.05) is 12.1 Å². The van der Waals surface area contributed by atoms with E-state index in [0.29, 0.717) is 41.4 Å². The molecule has 4 aromatic rings. The van der Waals surface area contributed by atoms with Crippen LogP contribution >= 0.6 is 23.3 Å². The Hall–Kier alpha value is -3.15. The van der Waals surface area contributed by atoms with Crippen molar-refractivity contribution in [3.05, 3.63) is 71.1 Å². The molecule has 3 heterocycles. The molecule has 0 unspecified atom stereocenters. The van der Waals surface area contributed by atoms with Gasteiger partial charge >= 0.3 is 0 Å². The van der Waals surface area contributed by atoms with Gasteiger partial charge < -0.3 is 15.2 Å². The summed E-state index contributed by atoms with van der Waals surface area (Å²) in [5.74, 6) is -1.76. The van der Waals surface area contributed by atoms with Crippen molar-refractivity contribution < 1.29 is 17.9 Å². The second kappa shape index (κ2) is 10.2. The fourth-order valence-electron chi connectivity index (χ4n) is 3.79. The van der Waals surface area contributed by atoms with Gasteiger partial charge in [-0.25, -0.2) is 28.1 Å². The van der Waals surface area contributed by atoms with E-state index in [1.807, 2.05) is 0 Å². The first-order chi connectivity index (χ1) is 17.0. The summed E-state index contributed by atoms with van der Waals surface area (Å²) in [6, 6.07) is 10.0. The molecule has 1 saturated heterocycles. The first-order valence-electron chi connectivity index (χ1n) is 10.8. The molecular formula is C24H20F3N5OS2. The van der Waals surface area contributed by atoms with E-state index in [2.05, 4.69) is 14.7 Å². The van der Waals surface area contributed by atoms with Gasteiger partial charge in [-0.05, 0) is 55.1 Å². The Morgan fingerprint density at radius 3 is 2.49 bits per heavy atom. The largest absolute Gasteiger partial charge is 0.381 e. The predicted octanol–water partition coefficient (Wildman–Crippen LogP) is 6.28. The van der Waals surface area contributed by atoms with Gasteiger partial charge in [0.2, 0.25) is 5.95 Å². The van der Waals surface area contributed by atoms with Gasteiger partial charge in [-0.3, -0.25) is 0 Å². The molecule has 0 amide bonds. The molecule has 0 bridgehead atoms. The number of nitrogens with zero attached hydrogens (tertiary/aromatic N) is 3. The van der Waals surface area contributed by atoms with E-state index < -0.39 is 17.5 Å². The van der Waals surface area contributed by atoms with Crippen molar-refractivity contribution in [1.82, 2.24) is 15.0 Å². The Bertz CT molecular complexity index is 1340. The number of nitrogen functional groups attached to an aromatic ring is 1. The lowest BCUT2D eigenvalue weighted by atomic mass is 10.0. The van der Waals surface area contributed by atoms with Gasteiger partial charge in [0.05, 0.1) is 31.9 Å². The zero-order valence-corrected chi connectivity index (χ0v) is 19.9. The fraction of sp³-hybridized carbons (Fsp3) is 0.208. The number of rotatable bonds is 6. The normalized spacial score (nSPS) is 14.3. The lowest BCUT2D eigenvalue weighted by Gasteiger charge is -2.19. The van der Waals surface area contributed by atoms with Crippen LogP contribution in [-0.2, 0) is 4.74 Å². The van der Waals surface area contributed by atoms with E-state index in [0.717, 1.165) is 30.0 Å². The molecule has 1 aliphatic rings. The van der Waals surface area contributed by atoms with E-state index in [1.54, 1.807) is 24.4 Å². The van der Waals surface area contributed by atoms with Gasteiger partial charge in [0.25, 0.3) is 0 Å². The topological polar surface area (TPSA) is 86.0 Å². The molecule has 3 N–H and O–H groups in total. The quantitative estimate of drug-likeness (QED) is 0.292. The number of aromatic nitrogens is 3. The predicted molar refractivity (Wildman–Crippen MR) is 132 cm³/mol. The molecule has 6 nitrogen and oxygen atoms in total. The monoisotopic (exact) mass is 515 g/mol. The van der Waals surface area contributed by atoms with E-state index in [1.165, 1.54) is 23.5 Å². The molecule has 0 saturated carbocycles. The van der Waals surface area contributed by atoms with Crippen molar-refractivity contribution in [2.24, 2.45) is 0 Å². The molecule has 0 radical (unpaired) electrons. The Balaban J connectivity index is 1.54. The smallest absolute Gasteiger partial charge is 0.220 e. The summed E-state index contributed by atoms with van der Waals surface area (Å²) in [6.07, 6.45) is 3.20. The molecular weight excluding hydrogens is 495 g/mol. The second-order valence-electron chi connectivity index (χ2n) is 7.84. The van der Waals surface area contributed by atoms with E-state index in [-0.39, 0.29) is 28.0 Å². The maximum Gasteiger partial charge on any atom is 0.220 e. The van der Waals surface area contributed by atoms with Gasteiger partial charge in [-0.15, -0.1) is 11.3 Å². The third-order valence-electron chi connectivity index (χ3n) is 5.56. The van der Waals surface area contributed by atoms with Gasteiger partial charge in [0.15, 0.2) is 5.82 Å². The minimum atomic E-state index is -0.733. The first-order valence-corrected chi connectivity index (χ1v) is 12.5. The highest BCUT2D eigenvalue weighted by Gasteiger charge is 2.26. The van der Waals surface area contributed by atoms with Crippen LogP contribution in [0.4, 0.5) is 24.8 Å². The van der Waals surface area contributed by atoms with Crippen LogP contribution in [0.5, 0.6) is 0 Å². The van der Waals surface area contributed by atoms with Crippen molar-refractivity contribution in [2.45, 2.75) is 23.7 Å². The number of hydrogen-bond donors (Lipinski definition) is 2. The summed E-state index contributed by atoms with van der Waals surface area (Å²) in [7, 11) is 0. The Kier molecular flexibility index (Phi) is 6.89. The summed E-state index contributed by atoms with van der Waals surface area (Å²) < 4.78 is 52.0. The van der Waals surface area contributed by atoms with Crippen LogP contribution < -0.4 is 10.5 Å². The average molecular weight is 516 g/mol. The number of benzene rings is 2. The molecule has 2 aromatic carbocycles.